The molecule has 0 bridgehead atoms. The van der Waals surface area contributed by atoms with Gasteiger partial charge in [-0.3, -0.25) is 0 Å². The Morgan fingerprint density at radius 2 is 1.90 bits per heavy atom. The number of rotatable bonds is 3. The molecule has 2 saturated heterocycles. The molecule has 0 spiro atoms. The Morgan fingerprint density at radius 1 is 1.20 bits per heavy atom. The van der Waals surface area contributed by atoms with Crippen LogP contribution in [0.5, 0.6) is 0 Å². The summed E-state index contributed by atoms with van der Waals surface area (Å²) in [5, 5.41) is 4.16. The zero-order chi connectivity index (χ0) is 14.0. The van der Waals surface area contributed by atoms with Crippen LogP contribution < -0.4 is 10.6 Å². The lowest BCUT2D eigenvalue weighted by Gasteiger charge is -2.32. The normalized spacial score (nSPS) is 24.0. The lowest BCUT2D eigenvalue weighted by molar-refractivity contribution is 0.0409. The van der Waals surface area contributed by atoms with Gasteiger partial charge in [-0.15, -0.1) is 0 Å². The number of nitrogens with zero attached hydrogens (tertiary/aromatic N) is 4. The van der Waals surface area contributed by atoms with Gasteiger partial charge in [0, 0.05) is 45.9 Å². The number of hydrogen-bond donors (Lipinski definition) is 1. The van der Waals surface area contributed by atoms with Crippen LogP contribution in [-0.4, -0.2) is 68.0 Å². The van der Waals surface area contributed by atoms with E-state index in [1.807, 2.05) is 0 Å². The lowest BCUT2D eigenvalue weighted by Crippen LogP contribution is -2.45. The first kappa shape index (κ1) is 13.8. The molecule has 3 rings (SSSR count). The minimum Gasteiger partial charge on any atom is -0.381 e. The Balaban J connectivity index is 1.75. The third kappa shape index (κ3) is 2.53. The predicted octanol–water partition coefficient (Wildman–Crippen LogP) is -0.172. The van der Waals surface area contributed by atoms with Crippen LogP contribution in [0.15, 0.2) is 4.52 Å². The van der Waals surface area contributed by atoms with E-state index in [4.69, 9.17) is 15.0 Å². The fourth-order valence-corrected chi connectivity index (χ4v) is 2.83. The standard InChI is InChI=1S/C13H23N5O2/c1-17-4-6-18(7-5-17)12-15-11(20-16-12)13(10-14)2-8-19-9-3-13/h2-10,14H2,1H3. The number of nitrogens with two attached hydrogens (primary N) is 1. The Labute approximate surface area is 119 Å². The molecular weight excluding hydrogens is 258 g/mol. The number of piperazine rings is 1. The van der Waals surface area contributed by atoms with Crippen molar-refractivity contribution < 1.29 is 9.26 Å². The topological polar surface area (TPSA) is 80.7 Å². The molecule has 0 radical (unpaired) electrons. The predicted molar refractivity (Wildman–Crippen MR) is 74.8 cm³/mol. The van der Waals surface area contributed by atoms with Crippen LogP contribution in [-0.2, 0) is 10.2 Å². The highest BCUT2D eigenvalue weighted by molar-refractivity contribution is 5.30. The third-order valence-electron chi connectivity index (χ3n) is 4.50. The average molecular weight is 281 g/mol. The van der Waals surface area contributed by atoms with Crippen LogP contribution >= 0.6 is 0 Å². The van der Waals surface area contributed by atoms with Crippen molar-refractivity contribution in [3.63, 3.8) is 0 Å². The van der Waals surface area contributed by atoms with Crippen LogP contribution in [0.1, 0.15) is 18.7 Å². The second-order valence-electron chi connectivity index (χ2n) is 5.79. The van der Waals surface area contributed by atoms with Crippen molar-refractivity contribution in [2.75, 3.05) is 57.9 Å². The monoisotopic (exact) mass is 281 g/mol. The van der Waals surface area contributed by atoms with E-state index in [1.165, 1.54) is 0 Å². The fourth-order valence-electron chi connectivity index (χ4n) is 2.83. The highest BCUT2D eigenvalue weighted by Gasteiger charge is 2.39. The minimum absolute atomic E-state index is 0.198. The molecule has 0 aromatic carbocycles. The molecule has 0 amide bonds. The number of anilines is 1. The summed E-state index contributed by atoms with van der Waals surface area (Å²) >= 11 is 0. The summed E-state index contributed by atoms with van der Waals surface area (Å²) in [7, 11) is 2.13. The van der Waals surface area contributed by atoms with E-state index in [0.29, 0.717) is 31.6 Å². The first-order valence-corrected chi connectivity index (χ1v) is 7.29. The maximum atomic E-state index is 5.97. The lowest BCUT2D eigenvalue weighted by atomic mass is 9.80. The van der Waals surface area contributed by atoms with E-state index < -0.39 is 0 Å². The number of likely N-dealkylation sites (N-methyl/N-ethyl adjacent to an activating group) is 1. The van der Waals surface area contributed by atoms with E-state index >= 15 is 0 Å². The summed E-state index contributed by atoms with van der Waals surface area (Å²) in [5.41, 5.74) is 5.77. The summed E-state index contributed by atoms with van der Waals surface area (Å²) in [6.07, 6.45) is 1.71. The number of aromatic nitrogens is 2. The largest absolute Gasteiger partial charge is 0.381 e. The maximum absolute atomic E-state index is 5.97. The van der Waals surface area contributed by atoms with E-state index in [2.05, 4.69) is 27.0 Å². The molecule has 2 N–H and O–H groups in total. The van der Waals surface area contributed by atoms with Crippen molar-refractivity contribution in [2.45, 2.75) is 18.3 Å². The molecule has 20 heavy (non-hydrogen) atoms. The maximum Gasteiger partial charge on any atom is 0.266 e. The third-order valence-corrected chi connectivity index (χ3v) is 4.50. The molecule has 7 heteroatoms. The van der Waals surface area contributed by atoms with Gasteiger partial charge in [-0.1, -0.05) is 0 Å². The highest BCUT2D eigenvalue weighted by Crippen LogP contribution is 2.33. The Morgan fingerprint density at radius 3 is 2.55 bits per heavy atom. The van der Waals surface area contributed by atoms with Crippen LogP contribution in [0.2, 0.25) is 0 Å². The smallest absolute Gasteiger partial charge is 0.266 e. The molecule has 0 atom stereocenters. The van der Waals surface area contributed by atoms with Crippen LogP contribution in [0.25, 0.3) is 0 Å². The second-order valence-corrected chi connectivity index (χ2v) is 5.79. The van der Waals surface area contributed by atoms with Gasteiger partial charge in [0.05, 0.1) is 5.41 Å². The van der Waals surface area contributed by atoms with Crippen LogP contribution in [0.4, 0.5) is 5.95 Å². The summed E-state index contributed by atoms with van der Waals surface area (Å²) < 4.78 is 10.9. The first-order valence-electron chi connectivity index (χ1n) is 7.29. The van der Waals surface area contributed by atoms with Gasteiger partial charge in [0.25, 0.3) is 5.95 Å². The van der Waals surface area contributed by atoms with E-state index in [1.54, 1.807) is 0 Å². The minimum atomic E-state index is -0.198. The summed E-state index contributed by atoms with van der Waals surface area (Å²) in [4.78, 5) is 9.10. The molecule has 1 aromatic heterocycles. The number of hydrogen-bond acceptors (Lipinski definition) is 7. The van der Waals surface area contributed by atoms with Gasteiger partial charge in [-0.05, 0) is 25.0 Å². The molecule has 2 aliphatic rings. The van der Waals surface area contributed by atoms with Crippen molar-refractivity contribution in [3.05, 3.63) is 5.89 Å². The van der Waals surface area contributed by atoms with Crippen molar-refractivity contribution >= 4 is 5.95 Å². The summed E-state index contributed by atoms with van der Waals surface area (Å²) in [5.74, 6) is 1.38. The Hall–Kier alpha value is -1.18. The van der Waals surface area contributed by atoms with E-state index in [-0.39, 0.29) is 5.41 Å². The molecule has 3 heterocycles. The van der Waals surface area contributed by atoms with Gasteiger partial charge in [-0.2, -0.15) is 4.98 Å². The molecule has 0 unspecified atom stereocenters. The van der Waals surface area contributed by atoms with Crippen molar-refractivity contribution in [2.24, 2.45) is 5.73 Å². The Kier molecular flexibility index (Phi) is 3.91. The molecule has 1 aromatic rings. The Bertz CT molecular complexity index is 436. The number of ether oxygens (including phenoxy) is 1. The molecule has 7 nitrogen and oxygen atoms in total. The average Bonchev–Trinajstić information content (AvgIpc) is 2.99. The quantitative estimate of drug-likeness (QED) is 0.823. The van der Waals surface area contributed by atoms with Crippen LogP contribution in [0.3, 0.4) is 0 Å². The van der Waals surface area contributed by atoms with Gasteiger partial charge in [0.15, 0.2) is 0 Å². The molecule has 0 aliphatic carbocycles. The van der Waals surface area contributed by atoms with Gasteiger partial charge >= 0.3 is 0 Å². The zero-order valence-electron chi connectivity index (χ0n) is 12.0. The molecular formula is C13H23N5O2. The van der Waals surface area contributed by atoms with Gasteiger partial charge in [0.1, 0.15) is 0 Å². The molecule has 112 valence electrons. The van der Waals surface area contributed by atoms with Gasteiger partial charge < -0.3 is 24.8 Å². The first-order chi connectivity index (χ1) is 9.73. The fraction of sp³-hybridized carbons (Fsp3) is 0.846. The summed E-state index contributed by atoms with van der Waals surface area (Å²) in [6.45, 7) is 5.88. The highest BCUT2D eigenvalue weighted by atomic mass is 16.5. The molecule has 0 saturated carbocycles. The zero-order valence-corrected chi connectivity index (χ0v) is 12.0. The van der Waals surface area contributed by atoms with Crippen molar-refractivity contribution in [1.82, 2.24) is 15.0 Å². The molecule has 2 fully saturated rings. The van der Waals surface area contributed by atoms with E-state index in [0.717, 1.165) is 39.0 Å². The van der Waals surface area contributed by atoms with Crippen molar-refractivity contribution in [1.29, 1.82) is 0 Å². The second kappa shape index (κ2) is 5.67. The molecule has 2 aliphatic heterocycles. The van der Waals surface area contributed by atoms with Crippen molar-refractivity contribution in [3.8, 4) is 0 Å². The SMILES string of the molecule is CN1CCN(c2noc(C3(CN)CCOCC3)n2)CC1. The van der Waals surface area contributed by atoms with Crippen LogP contribution in [0, 0.1) is 0 Å². The van der Waals surface area contributed by atoms with Gasteiger partial charge in [0.2, 0.25) is 5.89 Å². The van der Waals surface area contributed by atoms with Gasteiger partial charge in [-0.25, -0.2) is 0 Å². The summed E-state index contributed by atoms with van der Waals surface area (Å²) in [6, 6.07) is 0. The van der Waals surface area contributed by atoms with E-state index in [9.17, 15) is 0 Å².